The van der Waals surface area contributed by atoms with E-state index in [0.29, 0.717) is 10.8 Å². The van der Waals surface area contributed by atoms with Crippen LogP contribution in [0.15, 0.2) is 58.3 Å². The lowest BCUT2D eigenvalue weighted by atomic mass is 9.94. The first-order chi connectivity index (χ1) is 18.3. The van der Waals surface area contributed by atoms with Crippen LogP contribution in [-0.4, -0.2) is 59.5 Å². The van der Waals surface area contributed by atoms with E-state index >= 15 is 0 Å². The van der Waals surface area contributed by atoms with Crippen LogP contribution in [0, 0.1) is 0 Å². The lowest BCUT2D eigenvalue weighted by molar-refractivity contribution is -0.890. The van der Waals surface area contributed by atoms with Gasteiger partial charge < -0.3 is 4.48 Å². The number of quaternary nitrogens is 1. The van der Waals surface area contributed by atoms with Crippen molar-refractivity contribution in [2.45, 2.75) is 53.9 Å². The van der Waals surface area contributed by atoms with Crippen LogP contribution >= 0.6 is 0 Å². The first-order valence-electron chi connectivity index (χ1n) is 12.4. The Balaban J connectivity index is 0.000000378. The lowest BCUT2D eigenvalue weighted by Crippen LogP contribution is -2.40. The summed E-state index contributed by atoms with van der Waals surface area (Å²) in [5.74, 6) is 0. The van der Waals surface area contributed by atoms with Gasteiger partial charge in [-0.1, -0.05) is 44.5 Å². The quantitative estimate of drug-likeness (QED) is 0.124. The summed E-state index contributed by atoms with van der Waals surface area (Å²) in [5, 5.41) is 1.06. The Hall–Kier alpha value is -2.64. The molecule has 13 heteroatoms. The predicted molar refractivity (Wildman–Crippen MR) is 144 cm³/mol. The molecule has 0 aliphatic rings. The molecule has 0 N–H and O–H groups in total. The zero-order chi connectivity index (χ0) is 30.3. The van der Waals surface area contributed by atoms with Crippen molar-refractivity contribution in [2.75, 3.05) is 27.2 Å². The van der Waals surface area contributed by atoms with Crippen molar-refractivity contribution in [2.24, 2.45) is 0 Å². The van der Waals surface area contributed by atoms with Gasteiger partial charge in [0.05, 0.1) is 37.0 Å². The second-order valence-corrected chi connectivity index (χ2v) is 14.1. The summed E-state index contributed by atoms with van der Waals surface area (Å²) in [4.78, 5) is -1.94. The molecule has 0 unspecified atom stereocenters. The molecule has 0 heterocycles. The van der Waals surface area contributed by atoms with Gasteiger partial charge in [0, 0.05) is 0 Å². The van der Waals surface area contributed by atoms with Crippen LogP contribution in [0.2, 0.25) is 0 Å². The van der Waals surface area contributed by atoms with E-state index in [2.05, 4.69) is 27.9 Å². The molecular formula is C27H30F6NO4S2+. The van der Waals surface area contributed by atoms with Crippen LogP contribution in [0.3, 0.4) is 0 Å². The third kappa shape index (κ3) is 6.15. The summed E-state index contributed by atoms with van der Waals surface area (Å²) in [6.45, 7) is 7.17. The number of nitrogens with zero attached hydrogens (tertiary/aromatic N) is 1. The topological polar surface area (TPSA) is 68.3 Å². The fourth-order valence-corrected chi connectivity index (χ4v) is 6.32. The second kappa shape index (κ2) is 11.0. The normalized spacial score (nSPS) is 13.7. The SMILES string of the molecule is CCCC[N+](C)(C)CCC.O=S(=O)(c1cc2ccc3cc(S(=O)(=O)C(F)(F)F)cc4ccc(c1)c2c34)C(F)(F)F. The van der Waals surface area contributed by atoms with Gasteiger partial charge in [0.15, 0.2) is 0 Å². The van der Waals surface area contributed by atoms with Crippen LogP contribution in [0.5, 0.6) is 0 Å². The minimum absolute atomic E-state index is 0.111. The van der Waals surface area contributed by atoms with E-state index < -0.39 is 40.5 Å². The molecule has 0 radical (unpaired) electrons. The number of alkyl halides is 6. The van der Waals surface area contributed by atoms with Crippen molar-refractivity contribution in [1.29, 1.82) is 0 Å². The molecule has 220 valence electrons. The third-order valence-corrected chi connectivity index (χ3v) is 9.59. The van der Waals surface area contributed by atoms with Gasteiger partial charge in [-0.15, -0.1) is 0 Å². The van der Waals surface area contributed by atoms with Crippen LogP contribution in [0.1, 0.15) is 33.1 Å². The van der Waals surface area contributed by atoms with Crippen molar-refractivity contribution in [1.82, 2.24) is 0 Å². The highest BCUT2D eigenvalue weighted by Crippen LogP contribution is 2.41. The van der Waals surface area contributed by atoms with Gasteiger partial charge in [0.2, 0.25) is 0 Å². The number of sulfone groups is 2. The first kappa shape index (κ1) is 31.9. The molecule has 0 amide bonds. The molecule has 0 aliphatic heterocycles. The van der Waals surface area contributed by atoms with Crippen LogP contribution < -0.4 is 0 Å². The number of hydrogen-bond donors (Lipinski definition) is 0. The molecule has 0 bridgehead atoms. The Kier molecular flexibility index (Phi) is 8.75. The van der Waals surface area contributed by atoms with Crippen molar-refractivity contribution < 1.29 is 47.7 Å². The minimum atomic E-state index is -5.61. The number of unbranched alkanes of at least 4 members (excludes halogenated alkanes) is 1. The van der Waals surface area contributed by atoms with E-state index in [-0.39, 0.29) is 21.5 Å². The highest BCUT2D eigenvalue weighted by Gasteiger charge is 2.48. The molecule has 0 aromatic heterocycles. The standard InChI is InChI=1S/C18H8F6O4S2.C9H22N/c19-17(20,21)29(25,26)13-5-9-1-2-10-6-14(30(27,28)18(22,23)24)8-12-4-3-11(7-13)15(9)16(10)12;1-5-7-9-10(3,4)8-6-2/h1-8H;5-9H2,1-4H3/q;+1. The van der Waals surface area contributed by atoms with Gasteiger partial charge in [-0.2, -0.15) is 26.3 Å². The Bertz CT molecular complexity index is 1540. The highest BCUT2D eigenvalue weighted by atomic mass is 32.2. The summed E-state index contributed by atoms with van der Waals surface area (Å²) in [5.41, 5.74) is -11.0. The van der Waals surface area contributed by atoms with Crippen molar-refractivity contribution in [3.05, 3.63) is 48.5 Å². The number of halogens is 6. The summed E-state index contributed by atoms with van der Waals surface area (Å²) in [6.07, 6.45) is 4.00. The molecule has 4 aromatic carbocycles. The number of rotatable bonds is 7. The van der Waals surface area contributed by atoms with Gasteiger partial charge in [0.25, 0.3) is 19.7 Å². The van der Waals surface area contributed by atoms with E-state index in [1.54, 1.807) is 0 Å². The molecule has 4 aromatic rings. The van der Waals surface area contributed by atoms with Crippen molar-refractivity contribution in [3.8, 4) is 0 Å². The van der Waals surface area contributed by atoms with Gasteiger partial charge in [-0.3, -0.25) is 0 Å². The summed E-state index contributed by atoms with van der Waals surface area (Å²) in [7, 11) is -6.59. The molecule has 0 aliphatic carbocycles. The van der Waals surface area contributed by atoms with Crippen LogP contribution in [-0.2, 0) is 19.7 Å². The molecule has 5 nitrogen and oxygen atoms in total. The number of benzene rings is 4. The maximum absolute atomic E-state index is 12.9. The minimum Gasteiger partial charge on any atom is -0.328 e. The first-order valence-corrected chi connectivity index (χ1v) is 15.4. The van der Waals surface area contributed by atoms with E-state index in [1.807, 2.05) is 0 Å². The fourth-order valence-electron chi connectivity index (χ4n) is 4.66. The molecule has 0 saturated carbocycles. The largest absolute Gasteiger partial charge is 0.501 e. The zero-order valence-electron chi connectivity index (χ0n) is 22.3. The Morgan fingerprint density at radius 1 is 0.600 bits per heavy atom. The Morgan fingerprint density at radius 2 is 0.925 bits per heavy atom. The second-order valence-electron chi connectivity index (χ2n) is 10.3. The summed E-state index contributed by atoms with van der Waals surface area (Å²) < 4.78 is 126. The average Bonchev–Trinajstić information content (AvgIpc) is 2.84. The Labute approximate surface area is 229 Å². The molecule has 0 spiro atoms. The molecule has 4 rings (SSSR count). The Morgan fingerprint density at radius 3 is 1.18 bits per heavy atom. The van der Waals surface area contributed by atoms with Gasteiger partial charge in [0.1, 0.15) is 0 Å². The fraction of sp³-hybridized carbons (Fsp3) is 0.407. The van der Waals surface area contributed by atoms with Crippen LogP contribution in [0.25, 0.3) is 32.3 Å². The summed E-state index contributed by atoms with van der Waals surface area (Å²) >= 11 is 0. The highest BCUT2D eigenvalue weighted by molar-refractivity contribution is 7.92. The predicted octanol–water partition coefficient (Wildman–Crippen LogP) is 7.44. The molecule has 0 fully saturated rings. The van der Waals surface area contributed by atoms with Gasteiger partial charge in [-0.25, -0.2) is 16.8 Å². The average molecular weight is 611 g/mol. The van der Waals surface area contributed by atoms with Gasteiger partial charge >= 0.3 is 11.0 Å². The summed E-state index contributed by atoms with van der Waals surface area (Å²) in [6, 6.07) is 8.20. The van der Waals surface area contributed by atoms with E-state index in [9.17, 15) is 43.2 Å². The number of hydrogen-bond acceptors (Lipinski definition) is 4. The molecule has 40 heavy (non-hydrogen) atoms. The monoisotopic (exact) mass is 610 g/mol. The van der Waals surface area contributed by atoms with E-state index in [0.717, 1.165) is 24.3 Å². The van der Waals surface area contributed by atoms with E-state index in [1.165, 1.54) is 61.1 Å². The van der Waals surface area contributed by atoms with E-state index in [4.69, 9.17) is 0 Å². The molecular weight excluding hydrogens is 580 g/mol. The molecule has 0 saturated heterocycles. The smallest absolute Gasteiger partial charge is 0.328 e. The van der Waals surface area contributed by atoms with Crippen molar-refractivity contribution >= 4 is 52.0 Å². The maximum atomic E-state index is 12.9. The molecule has 0 atom stereocenters. The van der Waals surface area contributed by atoms with Crippen molar-refractivity contribution in [3.63, 3.8) is 0 Å². The maximum Gasteiger partial charge on any atom is 0.501 e. The van der Waals surface area contributed by atoms with Crippen LogP contribution in [0.4, 0.5) is 26.3 Å². The van der Waals surface area contributed by atoms with Gasteiger partial charge in [-0.05, 0) is 69.4 Å². The third-order valence-electron chi connectivity index (χ3n) is 6.66. The zero-order valence-corrected chi connectivity index (χ0v) is 24.0. The lowest BCUT2D eigenvalue weighted by Gasteiger charge is -2.29.